The van der Waals surface area contributed by atoms with E-state index >= 15 is 0 Å². The van der Waals surface area contributed by atoms with Crippen LogP contribution >= 0.6 is 11.6 Å². The van der Waals surface area contributed by atoms with E-state index in [0.717, 1.165) is 5.56 Å². The summed E-state index contributed by atoms with van der Waals surface area (Å²) in [7, 11) is 0. The van der Waals surface area contributed by atoms with Gasteiger partial charge in [-0.15, -0.1) is 0 Å². The van der Waals surface area contributed by atoms with Gasteiger partial charge in [-0.25, -0.2) is 8.78 Å². The minimum atomic E-state index is -2.75. The van der Waals surface area contributed by atoms with Gasteiger partial charge in [0.25, 0.3) is 18.2 Å². The molecule has 40 heavy (non-hydrogen) atoms. The van der Waals surface area contributed by atoms with E-state index in [2.05, 4.69) is 16.0 Å². The van der Waals surface area contributed by atoms with Crippen LogP contribution in [-0.4, -0.2) is 30.8 Å². The van der Waals surface area contributed by atoms with Gasteiger partial charge in [0.15, 0.2) is 0 Å². The summed E-state index contributed by atoms with van der Waals surface area (Å²) in [4.78, 5) is 38.3. The standard InChI is InChI=1S/C29H27ClF2N4O4/c1-17-4-7-19(8-5-17)35-27(38)22-13-20(9-11-24(22)40-15-25(31)32)36-26(37)21-12-18(6-10-23(21)30)14-34-28(39)29(2,3)16-33/h4-13,25H,14-15H2,1-3H3,(H,34,39)(H,35,38)(H,36,37). The molecule has 3 N–H and O–H groups in total. The number of ether oxygens (including phenoxy) is 1. The van der Waals surface area contributed by atoms with Crippen molar-refractivity contribution in [2.24, 2.45) is 5.41 Å². The first-order valence-corrected chi connectivity index (χ1v) is 12.5. The van der Waals surface area contributed by atoms with Gasteiger partial charge in [0.05, 0.1) is 22.2 Å². The topological polar surface area (TPSA) is 120 Å². The molecule has 0 saturated heterocycles. The predicted molar refractivity (Wildman–Crippen MR) is 148 cm³/mol. The summed E-state index contributed by atoms with van der Waals surface area (Å²) < 4.78 is 30.7. The van der Waals surface area contributed by atoms with Crippen molar-refractivity contribution in [3.8, 4) is 11.8 Å². The van der Waals surface area contributed by atoms with E-state index in [0.29, 0.717) is 11.3 Å². The summed E-state index contributed by atoms with van der Waals surface area (Å²) in [5.41, 5.74) is 1.03. The normalized spacial score (nSPS) is 10.9. The molecule has 0 aliphatic carbocycles. The van der Waals surface area contributed by atoms with Crippen molar-refractivity contribution >= 4 is 40.7 Å². The molecule has 0 aliphatic heterocycles. The summed E-state index contributed by atoms with van der Waals surface area (Å²) in [5, 5.41) is 17.2. The lowest BCUT2D eigenvalue weighted by molar-refractivity contribution is -0.126. The minimum Gasteiger partial charge on any atom is -0.487 e. The first-order valence-electron chi connectivity index (χ1n) is 12.1. The molecular formula is C29H27ClF2N4O4. The van der Waals surface area contributed by atoms with E-state index in [1.165, 1.54) is 44.2 Å². The van der Waals surface area contributed by atoms with Gasteiger partial charge in [-0.2, -0.15) is 5.26 Å². The van der Waals surface area contributed by atoms with Gasteiger partial charge in [0, 0.05) is 17.9 Å². The Balaban J connectivity index is 1.82. The number of amides is 3. The summed E-state index contributed by atoms with van der Waals surface area (Å²) in [6.45, 7) is 4.01. The maximum Gasteiger partial charge on any atom is 0.272 e. The maximum atomic E-state index is 13.1. The second-order valence-corrected chi connectivity index (χ2v) is 9.83. The Hall–Kier alpha value is -4.49. The largest absolute Gasteiger partial charge is 0.487 e. The third-order valence-corrected chi connectivity index (χ3v) is 6.06. The van der Waals surface area contributed by atoms with E-state index in [1.807, 2.05) is 13.0 Å². The van der Waals surface area contributed by atoms with Crippen molar-refractivity contribution in [3.05, 3.63) is 87.9 Å². The van der Waals surface area contributed by atoms with Crippen LogP contribution in [0.1, 0.15) is 45.7 Å². The molecule has 8 nitrogen and oxygen atoms in total. The van der Waals surface area contributed by atoms with Crippen LogP contribution in [0.4, 0.5) is 20.2 Å². The number of nitrogens with zero attached hydrogens (tertiary/aromatic N) is 1. The fourth-order valence-electron chi connectivity index (χ4n) is 3.41. The van der Waals surface area contributed by atoms with Gasteiger partial charge >= 0.3 is 0 Å². The molecular weight excluding hydrogens is 542 g/mol. The molecule has 208 valence electrons. The lowest BCUT2D eigenvalue weighted by Crippen LogP contribution is -2.35. The Kier molecular flexibility index (Phi) is 9.80. The number of rotatable bonds is 10. The number of anilines is 2. The van der Waals surface area contributed by atoms with Gasteiger partial charge in [0.1, 0.15) is 17.8 Å². The van der Waals surface area contributed by atoms with Gasteiger partial charge < -0.3 is 20.7 Å². The van der Waals surface area contributed by atoms with Crippen molar-refractivity contribution in [1.29, 1.82) is 5.26 Å². The van der Waals surface area contributed by atoms with E-state index in [-0.39, 0.29) is 34.1 Å². The average Bonchev–Trinajstić information content (AvgIpc) is 2.92. The van der Waals surface area contributed by atoms with Crippen molar-refractivity contribution in [2.75, 3.05) is 17.2 Å². The summed E-state index contributed by atoms with van der Waals surface area (Å²) in [6.07, 6.45) is -2.75. The fraction of sp³-hybridized carbons (Fsp3) is 0.241. The third-order valence-electron chi connectivity index (χ3n) is 5.73. The van der Waals surface area contributed by atoms with E-state index in [1.54, 1.807) is 30.3 Å². The van der Waals surface area contributed by atoms with Gasteiger partial charge in [-0.1, -0.05) is 35.4 Å². The average molecular weight is 569 g/mol. The molecule has 0 aliphatic rings. The number of alkyl halides is 2. The van der Waals surface area contributed by atoms with E-state index < -0.39 is 36.2 Å². The number of benzene rings is 3. The fourth-order valence-corrected chi connectivity index (χ4v) is 3.61. The highest BCUT2D eigenvalue weighted by atomic mass is 35.5. The number of carbonyl (C=O) groups is 3. The molecule has 0 radical (unpaired) electrons. The molecule has 0 aromatic heterocycles. The van der Waals surface area contributed by atoms with Crippen LogP contribution in [-0.2, 0) is 11.3 Å². The van der Waals surface area contributed by atoms with Crippen LogP contribution < -0.4 is 20.7 Å². The van der Waals surface area contributed by atoms with Gasteiger partial charge in [0.2, 0.25) is 5.91 Å². The zero-order valence-electron chi connectivity index (χ0n) is 22.0. The Morgan fingerprint density at radius 1 is 0.950 bits per heavy atom. The van der Waals surface area contributed by atoms with Crippen LogP contribution in [0, 0.1) is 23.7 Å². The van der Waals surface area contributed by atoms with Crippen molar-refractivity contribution in [3.63, 3.8) is 0 Å². The van der Waals surface area contributed by atoms with Crippen LogP contribution in [0.2, 0.25) is 5.02 Å². The Bertz CT molecular complexity index is 1450. The van der Waals surface area contributed by atoms with Crippen molar-refractivity contribution < 1.29 is 27.9 Å². The molecule has 3 aromatic rings. The quantitative estimate of drug-likeness (QED) is 0.278. The molecule has 0 spiro atoms. The highest BCUT2D eigenvalue weighted by Gasteiger charge is 2.27. The number of nitrogens with one attached hydrogen (secondary N) is 3. The first-order chi connectivity index (χ1) is 18.9. The monoisotopic (exact) mass is 568 g/mol. The Labute approximate surface area is 235 Å². The number of aryl methyl sites for hydroxylation is 1. The smallest absolute Gasteiger partial charge is 0.272 e. The molecule has 0 atom stereocenters. The van der Waals surface area contributed by atoms with Crippen LogP contribution in [0.15, 0.2) is 60.7 Å². The molecule has 0 unspecified atom stereocenters. The number of hydrogen-bond donors (Lipinski definition) is 3. The zero-order valence-corrected chi connectivity index (χ0v) is 22.7. The molecule has 3 aromatic carbocycles. The molecule has 0 bridgehead atoms. The molecule has 0 heterocycles. The van der Waals surface area contributed by atoms with Gasteiger partial charge in [-0.05, 0) is 68.8 Å². The maximum absolute atomic E-state index is 13.1. The van der Waals surface area contributed by atoms with Gasteiger partial charge in [-0.3, -0.25) is 14.4 Å². The Morgan fingerprint density at radius 2 is 1.57 bits per heavy atom. The molecule has 3 rings (SSSR count). The van der Waals surface area contributed by atoms with E-state index in [4.69, 9.17) is 21.6 Å². The number of carbonyl (C=O) groups excluding carboxylic acids is 3. The highest BCUT2D eigenvalue weighted by molar-refractivity contribution is 6.34. The molecule has 0 fully saturated rings. The molecule has 0 saturated carbocycles. The lowest BCUT2D eigenvalue weighted by Gasteiger charge is -2.16. The second-order valence-electron chi connectivity index (χ2n) is 9.42. The van der Waals surface area contributed by atoms with Crippen LogP contribution in [0.5, 0.6) is 5.75 Å². The predicted octanol–water partition coefficient (Wildman–Crippen LogP) is 5.96. The molecule has 3 amide bonds. The van der Waals surface area contributed by atoms with Crippen LogP contribution in [0.3, 0.4) is 0 Å². The van der Waals surface area contributed by atoms with Crippen LogP contribution in [0.25, 0.3) is 0 Å². The number of halogens is 3. The first kappa shape index (κ1) is 30.1. The SMILES string of the molecule is Cc1ccc(NC(=O)c2cc(NC(=O)c3cc(CNC(=O)C(C)(C)C#N)ccc3Cl)ccc2OCC(F)F)cc1. The highest BCUT2D eigenvalue weighted by Crippen LogP contribution is 2.26. The van der Waals surface area contributed by atoms with E-state index in [9.17, 15) is 23.2 Å². The number of nitriles is 1. The summed E-state index contributed by atoms with van der Waals surface area (Å²) in [6, 6.07) is 17.5. The van der Waals surface area contributed by atoms with Crippen molar-refractivity contribution in [1.82, 2.24) is 5.32 Å². The Morgan fingerprint density at radius 3 is 2.23 bits per heavy atom. The second kappa shape index (κ2) is 13.0. The molecule has 11 heteroatoms. The lowest BCUT2D eigenvalue weighted by atomic mass is 9.94. The summed E-state index contributed by atoms with van der Waals surface area (Å²) in [5.74, 6) is -1.79. The minimum absolute atomic E-state index is 0.0564. The number of hydrogen-bond acceptors (Lipinski definition) is 5. The third kappa shape index (κ3) is 8.01. The van der Waals surface area contributed by atoms with Crippen molar-refractivity contribution in [2.45, 2.75) is 33.7 Å². The zero-order chi connectivity index (χ0) is 29.4. The summed E-state index contributed by atoms with van der Waals surface area (Å²) >= 11 is 6.25.